The summed E-state index contributed by atoms with van der Waals surface area (Å²) in [6, 6.07) is 1.66. The number of rotatable bonds is 2. The normalized spacial score (nSPS) is 9.46. The summed E-state index contributed by atoms with van der Waals surface area (Å²) in [5.74, 6) is 0.295. The van der Waals surface area contributed by atoms with Crippen LogP contribution in [0.3, 0.4) is 0 Å². The van der Waals surface area contributed by atoms with Crippen LogP contribution in [0.2, 0.25) is 0 Å². The van der Waals surface area contributed by atoms with Crippen LogP contribution in [-0.4, -0.2) is 25.0 Å². The zero-order valence-corrected chi connectivity index (χ0v) is 8.88. The molecule has 0 saturated heterocycles. The number of hydrogen-bond acceptors (Lipinski definition) is 3. The third-order valence-corrected chi connectivity index (χ3v) is 2.06. The third kappa shape index (κ3) is 2.18. The van der Waals surface area contributed by atoms with Crippen LogP contribution in [0.5, 0.6) is 5.88 Å². The van der Waals surface area contributed by atoms with Gasteiger partial charge in [-0.05, 0) is 22.0 Å². The summed E-state index contributed by atoms with van der Waals surface area (Å²) in [5.41, 5.74) is 0.496. The SMILES string of the molecule is CNC(=O)c1cnc(OC)c(Br)c1. The van der Waals surface area contributed by atoms with E-state index in [9.17, 15) is 4.79 Å². The molecule has 0 aliphatic heterocycles. The van der Waals surface area contributed by atoms with E-state index in [1.54, 1.807) is 13.1 Å². The fraction of sp³-hybridized carbons (Fsp3) is 0.250. The molecule has 0 aromatic carbocycles. The topological polar surface area (TPSA) is 51.2 Å². The molecule has 0 aliphatic rings. The van der Waals surface area contributed by atoms with Crippen LogP contribution in [-0.2, 0) is 0 Å². The summed E-state index contributed by atoms with van der Waals surface area (Å²) in [7, 11) is 3.09. The Kier molecular flexibility index (Phi) is 3.25. The van der Waals surface area contributed by atoms with Gasteiger partial charge in [-0.3, -0.25) is 4.79 Å². The maximum atomic E-state index is 11.2. The molecule has 4 nitrogen and oxygen atoms in total. The van der Waals surface area contributed by atoms with Crippen molar-refractivity contribution in [1.29, 1.82) is 0 Å². The van der Waals surface area contributed by atoms with Gasteiger partial charge in [0, 0.05) is 13.2 Å². The second-order valence-corrected chi connectivity index (χ2v) is 3.15. The molecule has 1 N–H and O–H groups in total. The minimum Gasteiger partial charge on any atom is -0.480 e. The highest BCUT2D eigenvalue weighted by molar-refractivity contribution is 9.10. The number of nitrogens with one attached hydrogen (secondary N) is 1. The predicted octanol–water partition coefficient (Wildman–Crippen LogP) is 1.21. The number of halogens is 1. The van der Waals surface area contributed by atoms with E-state index < -0.39 is 0 Å². The monoisotopic (exact) mass is 244 g/mol. The van der Waals surface area contributed by atoms with Gasteiger partial charge in [-0.2, -0.15) is 0 Å². The van der Waals surface area contributed by atoms with Crippen molar-refractivity contribution in [3.63, 3.8) is 0 Å². The van der Waals surface area contributed by atoms with Crippen LogP contribution in [0.1, 0.15) is 10.4 Å². The maximum absolute atomic E-state index is 11.2. The van der Waals surface area contributed by atoms with Gasteiger partial charge in [-0.1, -0.05) is 0 Å². The van der Waals surface area contributed by atoms with Gasteiger partial charge < -0.3 is 10.1 Å². The maximum Gasteiger partial charge on any atom is 0.252 e. The number of methoxy groups -OCH3 is 1. The summed E-state index contributed by atoms with van der Waals surface area (Å²) in [6.07, 6.45) is 1.46. The van der Waals surface area contributed by atoms with Crippen LogP contribution in [0.15, 0.2) is 16.7 Å². The molecule has 70 valence electrons. The number of aromatic nitrogens is 1. The Hall–Kier alpha value is -1.10. The molecular weight excluding hydrogens is 236 g/mol. The van der Waals surface area contributed by atoms with Gasteiger partial charge in [0.2, 0.25) is 5.88 Å². The van der Waals surface area contributed by atoms with Gasteiger partial charge >= 0.3 is 0 Å². The molecule has 1 aromatic rings. The zero-order chi connectivity index (χ0) is 9.84. The molecule has 5 heteroatoms. The highest BCUT2D eigenvalue weighted by Gasteiger charge is 2.07. The smallest absolute Gasteiger partial charge is 0.252 e. The summed E-state index contributed by atoms with van der Waals surface area (Å²) in [4.78, 5) is 15.1. The Morgan fingerprint density at radius 2 is 2.38 bits per heavy atom. The van der Waals surface area contributed by atoms with Crippen molar-refractivity contribution in [2.45, 2.75) is 0 Å². The van der Waals surface area contributed by atoms with Crippen molar-refractivity contribution in [3.8, 4) is 5.88 Å². The molecule has 0 radical (unpaired) electrons. The zero-order valence-electron chi connectivity index (χ0n) is 7.30. The highest BCUT2D eigenvalue weighted by Crippen LogP contribution is 2.22. The summed E-state index contributed by atoms with van der Waals surface area (Å²) in [5, 5.41) is 2.51. The lowest BCUT2D eigenvalue weighted by Crippen LogP contribution is -2.17. The van der Waals surface area contributed by atoms with E-state index in [4.69, 9.17) is 4.74 Å². The van der Waals surface area contributed by atoms with Crippen molar-refractivity contribution in [2.24, 2.45) is 0 Å². The number of hydrogen-bond donors (Lipinski definition) is 1. The Bertz CT molecular complexity index is 328. The molecule has 1 amide bonds. The molecule has 1 heterocycles. The average Bonchev–Trinajstić information content (AvgIpc) is 2.16. The van der Waals surface area contributed by atoms with Crippen molar-refractivity contribution >= 4 is 21.8 Å². The predicted molar refractivity (Wildman–Crippen MR) is 51.9 cm³/mol. The van der Waals surface area contributed by atoms with Crippen LogP contribution >= 0.6 is 15.9 Å². The van der Waals surface area contributed by atoms with Gasteiger partial charge in [0.05, 0.1) is 17.1 Å². The molecule has 0 spiro atoms. The fourth-order valence-corrected chi connectivity index (χ4v) is 1.35. The first-order valence-electron chi connectivity index (χ1n) is 3.60. The van der Waals surface area contributed by atoms with Gasteiger partial charge in [0.1, 0.15) is 0 Å². The molecule has 0 aliphatic carbocycles. The molecule has 13 heavy (non-hydrogen) atoms. The lowest BCUT2D eigenvalue weighted by atomic mass is 10.3. The first-order chi connectivity index (χ1) is 6.19. The largest absolute Gasteiger partial charge is 0.480 e. The summed E-state index contributed by atoms with van der Waals surface area (Å²) in [6.45, 7) is 0. The van der Waals surface area contributed by atoms with Gasteiger partial charge in [0.25, 0.3) is 5.91 Å². The highest BCUT2D eigenvalue weighted by atomic mass is 79.9. The first kappa shape index (κ1) is 9.98. The minimum absolute atomic E-state index is 0.171. The van der Waals surface area contributed by atoms with E-state index in [1.807, 2.05) is 0 Å². The standard InChI is InChI=1S/C8H9BrN2O2/c1-10-7(12)5-3-6(9)8(13-2)11-4-5/h3-4H,1-2H3,(H,10,12). The van der Waals surface area contributed by atoms with E-state index in [2.05, 4.69) is 26.2 Å². The third-order valence-electron chi connectivity index (χ3n) is 1.49. The van der Waals surface area contributed by atoms with Crippen molar-refractivity contribution in [2.75, 3.05) is 14.2 Å². The number of carbonyl (C=O) groups excluding carboxylic acids is 1. The molecule has 0 bridgehead atoms. The Labute approximate surface area is 84.4 Å². The van der Waals surface area contributed by atoms with E-state index in [-0.39, 0.29) is 5.91 Å². The van der Waals surface area contributed by atoms with Crippen molar-refractivity contribution in [3.05, 3.63) is 22.3 Å². The summed E-state index contributed by atoms with van der Waals surface area (Å²) < 4.78 is 5.59. The number of ether oxygens (including phenoxy) is 1. The fourth-order valence-electron chi connectivity index (χ4n) is 0.844. The number of nitrogens with zero attached hydrogens (tertiary/aromatic N) is 1. The molecule has 1 rings (SSSR count). The minimum atomic E-state index is -0.171. The molecule has 0 saturated carbocycles. The molecular formula is C8H9BrN2O2. The molecule has 0 unspecified atom stereocenters. The lowest BCUT2D eigenvalue weighted by molar-refractivity contribution is 0.0962. The van der Waals surface area contributed by atoms with Gasteiger partial charge in [-0.25, -0.2) is 4.98 Å². The molecule has 0 fully saturated rings. The number of carbonyl (C=O) groups is 1. The van der Waals surface area contributed by atoms with E-state index in [0.29, 0.717) is 15.9 Å². The van der Waals surface area contributed by atoms with Crippen LogP contribution in [0.25, 0.3) is 0 Å². The van der Waals surface area contributed by atoms with Crippen molar-refractivity contribution in [1.82, 2.24) is 10.3 Å². The van der Waals surface area contributed by atoms with E-state index in [0.717, 1.165) is 0 Å². The van der Waals surface area contributed by atoms with Crippen LogP contribution in [0.4, 0.5) is 0 Å². The molecule has 0 atom stereocenters. The quantitative estimate of drug-likeness (QED) is 0.852. The Morgan fingerprint density at radius 3 is 2.85 bits per heavy atom. The lowest BCUT2D eigenvalue weighted by Gasteiger charge is -2.03. The van der Waals surface area contributed by atoms with Crippen LogP contribution in [0, 0.1) is 0 Å². The molecule has 1 aromatic heterocycles. The van der Waals surface area contributed by atoms with E-state index >= 15 is 0 Å². The summed E-state index contributed by atoms with van der Waals surface area (Å²) >= 11 is 3.24. The Morgan fingerprint density at radius 1 is 1.69 bits per heavy atom. The first-order valence-corrected chi connectivity index (χ1v) is 4.40. The van der Waals surface area contributed by atoms with Crippen molar-refractivity contribution < 1.29 is 9.53 Å². The van der Waals surface area contributed by atoms with Gasteiger partial charge in [-0.15, -0.1) is 0 Å². The second kappa shape index (κ2) is 4.23. The van der Waals surface area contributed by atoms with Gasteiger partial charge in [0.15, 0.2) is 0 Å². The number of amides is 1. The number of pyridine rings is 1. The van der Waals surface area contributed by atoms with E-state index in [1.165, 1.54) is 13.3 Å². The second-order valence-electron chi connectivity index (χ2n) is 2.29. The Balaban J connectivity index is 3.02. The average molecular weight is 245 g/mol. The van der Waals surface area contributed by atoms with Crippen LogP contribution < -0.4 is 10.1 Å².